The fourth-order valence-corrected chi connectivity index (χ4v) is 5.52. The summed E-state index contributed by atoms with van der Waals surface area (Å²) in [5.41, 5.74) is 3.60. The van der Waals surface area contributed by atoms with Crippen LogP contribution in [0.15, 0.2) is 52.1 Å². The van der Waals surface area contributed by atoms with Crippen LogP contribution in [0.25, 0.3) is 22.2 Å². The number of benzene rings is 2. The summed E-state index contributed by atoms with van der Waals surface area (Å²) in [6, 6.07) is 15.3. The van der Waals surface area contributed by atoms with Gasteiger partial charge in [-0.15, -0.1) is 5.10 Å². The van der Waals surface area contributed by atoms with E-state index in [-0.39, 0.29) is 30.4 Å². The van der Waals surface area contributed by atoms with Crippen molar-refractivity contribution in [3.63, 3.8) is 0 Å². The van der Waals surface area contributed by atoms with Gasteiger partial charge in [0.1, 0.15) is 18.4 Å². The van der Waals surface area contributed by atoms with Crippen molar-refractivity contribution in [2.45, 2.75) is 57.4 Å². The van der Waals surface area contributed by atoms with Crippen LogP contribution in [0.2, 0.25) is 0 Å². The Kier molecular flexibility index (Phi) is 7.49. The number of carbonyl (C=O) groups excluding carboxylic acids is 1. The van der Waals surface area contributed by atoms with Gasteiger partial charge < -0.3 is 18.5 Å². The number of nitriles is 1. The summed E-state index contributed by atoms with van der Waals surface area (Å²) in [6.45, 7) is 4.97. The molecule has 4 aromatic rings. The highest BCUT2D eigenvalue weighted by Crippen LogP contribution is 2.43. The molecule has 0 spiro atoms. The zero-order valence-electron chi connectivity index (χ0n) is 22.4. The van der Waals surface area contributed by atoms with Gasteiger partial charge in [0.2, 0.25) is 15.7 Å². The molecule has 1 fully saturated rings. The van der Waals surface area contributed by atoms with Crippen LogP contribution in [0.5, 0.6) is 5.75 Å². The highest BCUT2D eigenvalue weighted by molar-refractivity contribution is 7.91. The van der Waals surface area contributed by atoms with Crippen molar-refractivity contribution < 1.29 is 27.1 Å². The molecule has 2 heterocycles. The van der Waals surface area contributed by atoms with E-state index in [0.29, 0.717) is 17.0 Å². The molecule has 0 saturated heterocycles. The normalized spacial score (nSPS) is 13.7. The number of nitrogens with zero attached hydrogens (tertiary/aromatic N) is 4. The minimum absolute atomic E-state index is 0.106. The van der Waals surface area contributed by atoms with Crippen LogP contribution in [0.1, 0.15) is 50.6 Å². The van der Waals surface area contributed by atoms with E-state index in [4.69, 9.17) is 13.9 Å². The maximum absolute atomic E-state index is 12.5. The number of ether oxygens (including phenoxy) is 2. The van der Waals surface area contributed by atoms with Crippen LogP contribution in [-0.4, -0.2) is 47.7 Å². The Morgan fingerprint density at radius 3 is 2.55 bits per heavy atom. The van der Waals surface area contributed by atoms with Gasteiger partial charge >= 0.3 is 11.3 Å². The molecule has 2 aromatic carbocycles. The van der Waals surface area contributed by atoms with Gasteiger partial charge in [0, 0.05) is 30.1 Å². The Bertz CT molecular complexity index is 1700. The average molecular weight is 564 g/mol. The lowest BCUT2D eigenvalue weighted by Crippen LogP contribution is -2.18. The molecule has 12 heteroatoms. The third-order valence-electron chi connectivity index (χ3n) is 6.67. The monoisotopic (exact) mass is 563 g/mol. The molecule has 0 radical (unpaired) electrons. The predicted octanol–water partition coefficient (Wildman–Crippen LogP) is 5.41. The van der Waals surface area contributed by atoms with E-state index in [9.17, 15) is 18.5 Å². The number of amides is 1. The number of anilines is 1. The topological polar surface area (TPSA) is 149 Å². The number of hydrogen-bond acceptors (Lipinski definition) is 9. The molecule has 1 amide bonds. The summed E-state index contributed by atoms with van der Waals surface area (Å²) >= 11 is 0. The zero-order valence-corrected chi connectivity index (χ0v) is 23.2. The van der Waals surface area contributed by atoms with Gasteiger partial charge in [-0.2, -0.15) is 5.26 Å². The number of aryl methyl sites for hydroxylation is 1. The van der Waals surface area contributed by atoms with Crippen molar-refractivity contribution >= 4 is 32.5 Å². The largest absolute Gasteiger partial charge is 0.492 e. The molecule has 5 rings (SSSR count). The lowest BCUT2D eigenvalue weighted by Gasteiger charge is -2.30. The molecule has 208 valence electrons. The second kappa shape index (κ2) is 11.0. The lowest BCUT2D eigenvalue weighted by atomic mass is 9.92. The van der Waals surface area contributed by atoms with Gasteiger partial charge in [-0.3, -0.25) is 5.32 Å². The van der Waals surface area contributed by atoms with Crippen LogP contribution in [0.4, 0.5) is 10.5 Å². The van der Waals surface area contributed by atoms with Crippen molar-refractivity contribution in [3.05, 3.63) is 53.9 Å². The first-order chi connectivity index (χ1) is 19.2. The van der Waals surface area contributed by atoms with Crippen LogP contribution in [0.3, 0.4) is 0 Å². The maximum atomic E-state index is 12.5. The molecular formula is C28H29N5O6S. The Morgan fingerprint density at radius 1 is 1.20 bits per heavy atom. The Morgan fingerprint density at radius 2 is 1.95 bits per heavy atom. The second-order valence-corrected chi connectivity index (χ2v) is 11.9. The van der Waals surface area contributed by atoms with Gasteiger partial charge in [-0.05, 0) is 62.9 Å². The van der Waals surface area contributed by atoms with Gasteiger partial charge in [-0.25, -0.2) is 13.2 Å². The molecule has 1 aliphatic carbocycles. The second-order valence-electron chi connectivity index (χ2n) is 9.88. The first-order valence-corrected chi connectivity index (χ1v) is 14.6. The molecule has 1 aliphatic rings. The summed E-state index contributed by atoms with van der Waals surface area (Å²) in [6.07, 6.45) is 2.29. The van der Waals surface area contributed by atoms with E-state index >= 15 is 0 Å². The zero-order chi connectivity index (χ0) is 28.4. The van der Waals surface area contributed by atoms with Gasteiger partial charge in [0.25, 0.3) is 0 Å². The molecular weight excluding hydrogens is 534 g/mol. The number of sulfone groups is 1. The Labute approximate surface area is 231 Å². The lowest BCUT2D eigenvalue weighted by molar-refractivity contribution is 0.130. The molecule has 0 unspecified atom stereocenters. The number of aromatic nitrogens is 3. The first kappa shape index (κ1) is 27.2. The van der Waals surface area contributed by atoms with Crippen LogP contribution in [0, 0.1) is 18.3 Å². The standard InChI is InChI=1S/C28H29N5O6S/c1-17(2)38-27(34)30-20-9-7-19(8-10-20)26-24(16-29)23-12-11-22(15-25(23)33(26)21-5-4-6-21)37-13-14-40(35,36)28-32-31-18(3)39-28/h7-12,15,17,21H,4-6,13-14H2,1-3H3,(H,30,34). The molecule has 0 aliphatic heterocycles. The molecule has 40 heavy (non-hydrogen) atoms. The highest BCUT2D eigenvalue weighted by Gasteiger charge is 2.28. The molecule has 0 atom stereocenters. The number of rotatable bonds is 9. The number of carbonyl (C=O) groups is 1. The third-order valence-corrected chi connectivity index (χ3v) is 8.07. The molecule has 11 nitrogen and oxygen atoms in total. The quantitative estimate of drug-likeness (QED) is 0.282. The smallest absolute Gasteiger partial charge is 0.411 e. The summed E-state index contributed by atoms with van der Waals surface area (Å²) in [7, 11) is -3.78. The van der Waals surface area contributed by atoms with Crippen molar-refractivity contribution in [1.82, 2.24) is 14.8 Å². The van der Waals surface area contributed by atoms with E-state index in [1.807, 2.05) is 24.3 Å². The van der Waals surface area contributed by atoms with Crippen LogP contribution >= 0.6 is 0 Å². The van der Waals surface area contributed by atoms with E-state index in [2.05, 4.69) is 26.2 Å². The Hall–Kier alpha value is -4.37. The highest BCUT2D eigenvalue weighted by atomic mass is 32.2. The molecule has 1 N–H and O–H groups in total. The minimum atomic E-state index is -3.78. The molecule has 0 bridgehead atoms. The van der Waals surface area contributed by atoms with E-state index < -0.39 is 21.2 Å². The number of nitrogens with one attached hydrogen (secondary N) is 1. The van der Waals surface area contributed by atoms with Gasteiger partial charge in [0.05, 0.1) is 28.6 Å². The van der Waals surface area contributed by atoms with Crippen molar-refractivity contribution in [3.8, 4) is 23.1 Å². The van der Waals surface area contributed by atoms with E-state index in [1.165, 1.54) is 6.92 Å². The number of fused-ring (bicyclic) bond motifs is 1. The fraction of sp³-hybridized carbons (Fsp3) is 0.357. The average Bonchev–Trinajstić information content (AvgIpc) is 3.45. The number of hydrogen-bond donors (Lipinski definition) is 1. The summed E-state index contributed by atoms with van der Waals surface area (Å²) in [4.78, 5) is 12.0. The Balaban J connectivity index is 1.43. The van der Waals surface area contributed by atoms with Crippen molar-refractivity contribution in [2.24, 2.45) is 0 Å². The van der Waals surface area contributed by atoms with Crippen LogP contribution in [-0.2, 0) is 14.6 Å². The third kappa shape index (κ3) is 5.51. The summed E-state index contributed by atoms with van der Waals surface area (Å²) < 4.78 is 43.1. The van der Waals surface area contributed by atoms with Crippen molar-refractivity contribution in [2.75, 3.05) is 17.7 Å². The fourth-order valence-electron chi connectivity index (χ4n) is 4.63. The molecule has 2 aromatic heterocycles. The summed E-state index contributed by atoms with van der Waals surface area (Å²) in [5, 5.41) is 20.4. The molecule has 1 saturated carbocycles. The van der Waals surface area contributed by atoms with E-state index in [1.54, 1.807) is 32.0 Å². The SMILES string of the molecule is Cc1nnc(S(=O)(=O)CCOc2ccc3c(C#N)c(-c4ccc(NC(=O)OC(C)C)cc4)n(C4CCC4)c3c2)o1. The van der Waals surface area contributed by atoms with Gasteiger partial charge in [0.15, 0.2) is 0 Å². The first-order valence-electron chi connectivity index (χ1n) is 13.0. The van der Waals surface area contributed by atoms with Crippen LogP contribution < -0.4 is 10.1 Å². The van der Waals surface area contributed by atoms with E-state index in [0.717, 1.165) is 41.4 Å². The minimum Gasteiger partial charge on any atom is -0.492 e. The van der Waals surface area contributed by atoms with Gasteiger partial charge in [-0.1, -0.05) is 17.2 Å². The van der Waals surface area contributed by atoms with Crippen molar-refractivity contribution in [1.29, 1.82) is 5.26 Å². The predicted molar refractivity (Wildman–Crippen MR) is 147 cm³/mol. The maximum Gasteiger partial charge on any atom is 0.411 e. The summed E-state index contributed by atoms with van der Waals surface area (Å²) in [5.74, 6) is 0.336.